The first-order valence-corrected chi connectivity index (χ1v) is 15.1. The van der Waals surface area contributed by atoms with Gasteiger partial charge in [-0.15, -0.1) is 0 Å². The molecule has 0 spiro atoms. The molecule has 2 aromatic rings. The largest absolute Gasteiger partial charge is 0.506 e. The molecule has 0 aliphatic carbocycles. The normalized spacial score (nSPS) is 12.1. The maximum Gasteiger partial charge on any atom is 0.246 e. The van der Waals surface area contributed by atoms with Crippen LogP contribution in [0.25, 0.3) is 10.8 Å². The van der Waals surface area contributed by atoms with Gasteiger partial charge in [-0.1, -0.05) is 134 Å². The Hall–Kier alpha value is -1.59. The van der Waals surface area contributed by atoms with Crippen LogP contribution in [0.1, 0.15) is 110 Å². The molecular formula is C29H47NO3S. The average molecular weight is 490 g/mol. The van der Waals surface area contributed by atoms with Crippen molar-refractivity contribution in [3.05, 3.63) is 36.4 Å². The second-order valence-corrected chi connectivity index (χ2v) is 11.8. The Balaban J connectivity index is 1.53. The first kappa shape index (κ1) is 28.6. The Bertz CT molecular complexity index is 926. The Morgan fingerprint density at radius 3 is 1.68 bits per heavy atom. The number of hydrogen-bond acceptors (Lipinski definition) is 3. The van der Waals surface area contributed by atoms with Crippen molar-refractivity contribution in [2.24, 2.45) is 0 Å². The molecule has 1 N–H and O–H groups in total. The fourth-order valence-corrected chi connectivity index (χ4v) is 5.91. The fourth-order valence-electron chi connectivity index (χ4n) is 4.61. The van der Waals surface area contributed by atoms with Crippen LogP contribution in [0.2, 0.25) is 0 Å². The van der Waals surface area contributed by atoms with Gasteiger partial charge in [0.2, 0.25) is 10.0 Å². The summed E-state index contributed by atoms with van der Waals surface area (Å²) in [6.07, 6.45) is 20.8. The molecule has 0 aliphatic rings. The number of benzene rings is 2. The van der Waals surface area contributed by atoms with E-state index in [9.17, 15) is 13.5 Å². The van der Waals surface area contributed by atoms with Crippen LogP contribution in [-0.2, 0) is 10.0 Å². The third-order valence-electron chi connectivity index (χ3n) is 6.88. The first-order valence-electron chi connectivity index (χ1n) is 13.7. The van der Waals surface area contributed by atoms with E-state index in [0.29, 0.717) is 11.9 Å². The highest BCUT2D eigenvalue weighted by Gasteiger charge is 2.24. The standard InChI is InChI=1S/C29H47NO3S/c1-3-4-5-6-7-8-9-10-11-12-13-14-15-16-17-20-25-30(2)34(32,33)28-24-23-26-21-18-19-22-27(26)29(28)31/h18-19,21-24,31H,3-17,20,25H2,1-2H3. The topological polar surface area (TPSA) is 57.6 Å². The number of phenolic OH excluding ortho intramolecular Hbond substituents is 1. The van der Waals surface area contributed by atoms with Crippen LogP contribution in [0, 0.1) is 0 Å². The summed E-state index contributed by atoms with van der Waals surface area (Å²) in [4.78, 5) is -0.00908. The van der Waals surface area contributed by atoms with Gasteiger partial charge in [-0.3, -0.25) is 0 Å². The zero-order chi connectivity index (χ0) is 24.7. The first-order chi connectivity index (χ1) is 16.5. The molecular weight excluding hydrogens is 442 g/mol. The quantitative estimate of drug-likeness (QED) is 0.201. The molecule has 0 saturated heterocycles. The second-order valence-electron chi connectivity index (χ2n) is 9.76. The number of sulfonamides is 1. The molecule has 0 aliphatic heterocycles. The van der Waals surface area contributed by atoms with Crippen LogP contribution in [0.5, 0.6) is 5.75 Å². The number of hydrogen-bond donors (Lipinski definition) is 1. The molecule has 0 fully saturated rings. The van der Waals surface area contributed by atoms with Gasteiger partial charge in [0.25, 0.3) is 0 Å². The molecule has 0 heterocycles. The molecule has 4 nitrogen and oxygen atoms in total. The zero-order valence-electron chi connectivity index (χ0n) is 21.6. The molecule has 0 radical (unpaired) electrons. The lowest BCUT2D eigenvalue weighted by molar-refractivity contribution is 0.434. The monoisotopic (exact) mass is 489 g/mol. The second kappa shape index (κ2) is 16.1. The van der Waals surface area contributed by atoms with E-state index in [1.54, 1.807) is 25.2 Å². The molecule has 0 bridgehead atoms. The van der Waals surface area contributed by atoms with E-state index in [1.165, 1.54) is 93.8 Å². The third kappa shape index (κ3) is 9.58. The average Bonchev–Trinajstić information content (AvgIpc) is 2.83. The molecule has 0 amide bonds. The van der Waals surface area contributed by atoms with Gasteiger partial charge in [0.15, 0.2) is 0 Å². The Kier molecular flexibility index (Phi) is 13.6. The van der Waals surface area contributed by atoms with E-state index >= 15 is 0 Å². The SMILES string of the molecule is CCCCCCCCCCCCCCCCCCN(C)S(=O)(=O)c1ccc2ccccc2c1O. The van der Waals surface area contributed by atoms with Gasteiger partial charge in [0, 0.05) is 19.0 Å². The Morgan fingerprint density at radius 1 is 0.676 bits per heavy atom. The minimum atomic E-state index is -3.70. The summed E-state index contributed by atoms with van der Waals surface area (Å²) in [5.41, 5.74) is 0. The van der Waals surface area contributed by atoms with Crippen LogP contribution in [0.3, 0.4) is 0 Å². The molecule has 0 saturated carbocycles. The lowest BCUT2D eigenvalue weighted by Crippen LogP contribution is -2.28. The van der Waals surface area contributed by atoms with Gasteiger partial charge in [-0.25, -0.2) is 12.7 Å². The predicted molar refractivity (Wildman–Crippen MR) is 145 cm³/mol. The molecule has 0 atom stereocenters. The van der Waals surface area contributed by atoms with Crippen molar-refractivity contribution < 1.29 is 13.5 Å². The molecule has 5 heteroatoms. The Labute approximate surface area is 208 Å². The summed E-state index contributed by atoms with van der Waals surface area (Å²) in [6, 6.07) is 10.6. The number of phenols is 1. The molecule has 0 unspecified atom stereocenters. The van der Waals surface area contributed by atoms with E-state index in [2.05, 4.69) is 6.92 Å². The number of unbranched alkanes of at least 4 members (excludes halogenated alkanes) is 15. The summed E-state index contributed by atoms with van der Waals surface area (Å²) in [6.45, 7) is 2.75. The number of nitrogens with zero attached hydrogens (tertiary/aromatic N) is 1. The van der Waals surface area contributed by atoms with Crippen molar-refractivity contribution in [3.8, 4) is 5.75 Å². The van der Waals surface area contributed by atoms with Crippen LogP contribution >= 0.6 is 0 Å². The van der Waals surface area contributed by atoms with Crippen molar-refractivity contribution in [2.45, 2.75) is 115 Å². The van der Waals surface area contributed by atoms with Crippen LogP contribution in [0.15, 0.2) is 41.3 Å². The van der Waals surface area contributed by atoms with Gasteiger partial charge in [0.1, 0.15) is 10.6 Å². The van der Waals surface area contributed by atoms with Gasteiger partial charge in [0.05, 0.1) is 0 Å². The van der Waals surface area contributed by atoms with E-state index in [-0.39, 0.29) is 10.6 Å². The maximum absolute atomic E-state index is 13.0. The van der Waals surface area contributed by atoms with E-state index < -0.39 is 10.0 Å². The summed E-state index contributed by atoms with van der Waals surface area (Å²) >= 11 is 0. The minimum Gasteiger partial charge on any atom is -0.506 e. The highest BCUT2D eigenvalue weighted by molar-refractivity contribution is 7.89. The Morgan fingerprint density at radius 2 is 1.15 bits per heavy atom. The van der Waals surface area contributed by atoms with Crippen LogP contribution in [0.4, 0.5) is 0 Å². The summed E-state index contributed by atoms with van der Waals surface area (Å²) in [5, 5.41) is 11.9. The van der Waals surface area contributed by atoms with Crippen molar-refractivity contribution in [1.29, 1.82) is 0 Å². The third-order valence-corrected chi connectivity index (χ3v) is 8.77. The molecule has 0 aromatic heterocycles. The van der Waals surface area contributed by atoms with Crippen LogP contribution in [-0.4, -0.2) is 31.4 Å². The predicted octanol–water partition coefficient (Wildman–Crippen LogP) is 8.43. The molecule has 2 rings (SSSR count). The fraction of sp³-hybridized carbons (Fsp3) is 0.655. The molecule has 34 heavy (non-hydrogen) atoms. The highest BCUT2D eigenvalue weighted by atomic mass is 32.2. The smallest absolute Gasteiger partial charge is 0.246 e. The number of rotatable bonds is 19. The van der Waals surface area contributed by atoms with Crippen molar-refractivity contribution in [2.75, 3.05) is 13.6 Å². The van der Waals surface area contributed by atoms with Gasteiger partial charge >= 0.3 is 0 Å². The van der Waals surface area contributed by atoms with Gasteiger partial charge in [-0.05, 0) is 17.9 Å². The van der Waals surface area contributed by atoms with Crippen molar-refractivity contribution in [1.82, 2.24) is 4.31 Å². The number of fused-ring (bicyclic) bond motifs is 1. The van der Waals surface area contributed by atoms with E-state index in [4.69, 9.17) is 0 Å². The highest BCUT2D eigenvalue weighted by Crippen LogP contribution is 2.33. The number of aromatic hydroxyl groups is 1. The van der Waals surface area contributed by atoms with E-state index in [1.807, 2.05) is 12.1 Å². The summed E-state index contributed by atoms with van der Waals surface area (Å²) in [5.74, 6) is -0.156. The van der Waals surface area contributed by atoms with Crippen molar-refractivity contribution >= 4 is 20.8 Å². The van der Waals surface area contributed by atoms with E-state index in [0.717, 1.165) is 24.6 Å². The lowest BCUT2D eigenvalue weighted by atomic mass is 10.0. The van der Waals surface area contributed by atoms with Crippen LogP contribution < -0.4 is 0 Å². The zero-order valence-corrected chi connectivity index (χ0v) is 22.4. The summed E-state index contributed by atoms with van der Waals surface area (Å²) < 4.78 is 27.3. The summed E-state index contributed by atoms with van der Waals surface area (Å²) in [7, 11) is -2.09. The van der Waals surface area contributed by atoms with Gasteiger partial charge < -0.3 is 5.11 Å². The van der Waals surface area contributed by atoms with Crippen molar-refractivity contribution in [3.63, 3.8) is 0 Å². The maximum atomic E-state index is 13.0. The minimum absolute atomic E-state index is 0.00908. The molecule has 192 valence electrons. The van der Waals surface area contributed by atoms with Gasteiger partial charge in [-0.2, -0.15) is 0 Å². The lowest BCUT2D eigenvalue weighted by Gasteiger charge is -2.18. The molecule has 2 aromatic carbocycles.